The van der Waals surface area contributed by atoms with Crippen LogP contribution in [0.5, 0.6) is 0 Å². The first kappa shape index (κ1) is 26.4. The number of esters is 1. The Kier molecular flexibility index (Phi) is 19.7. The van der Waals surface area contributed by atoms with Crippen molar-refractivity contribution >= 4 is 5.97 Å². The van der Waals surface area contributed by atoms with Gasteiger partial charge in [-0.05, 0) is 13.3 Å². The molecular formula is C23H46O4. The Balaban J connectivity index is 3.20. The average molecular weight is 387 g/mol. The Morgan fingerprint density at radius 2 is 1.11 bits per heavy atom. The van der Waals surface area contributed by atoms with Gasteiger partial charge in [0, 0.05) is 6.61 Å². The molecule has 1 N–H and O–H groups in total. The summed E-state index contributed by atoms with van der Waals surface area (Å²) >= 11 is 0. The van der Waals surface area contributed by atoms with E-state index in [-0.39, 0.29) is 0 Å². The van der Waals surface area contributed by atoms with Crippen LogP contribution in [-0.4, -0.2) is 37.0 Å². The van der Waals surface area contributed by atoms with E-state index in [0.717, 1.165) is 12.8 Å². The molecule has 0 aliphatic heterocycles. The van der Waals surface area contributed by atoms with Crippen molar-refractivity contribution in [1.82, 2.24) is 0 Å². The Bertz CT molecular complexity index is 320. The van der Waals surface area contributed by atoms with Gasteiger partial charge in [-0.3, -0.25) is 0 Å². The first-order valence-corrected chi connectivity index (χ1v) is 11.5. The minimum Gasteiger partial charge on any atom is -0.467 e. The summed E-state index contributed by atoms with van der Waals surface area (Å²) in [7, 11) is 1.27. The fourth-order valence-corrected chi connectivity index (χ4v) is 3.32. The fraction of sp³-hybridized carbons (Fsp3) is 0.957. The molecule has 0 bridgehead atoms. The standard InChI is InChI=1S/C23H46O4/c1-4-5-6-7-8-9-10-11-12-13-14-15-16-17-18-19-20-27-21(2)22(24)23(25)26-3/h21-22,24H,4-20H2,1-3H3. The molecule has 2 atom stereocenters. The third-order valence-corrected chi connectivity index (χ3v) is 5.27. The number of rotatable bonds is 20. The third-order valence-electron chi connectivity index (χ3n) is 5.27. The monoisotopic (exact) mass is 386 g/mol. The summed E-state index contributed by atoms with van der Waals surface area (Å²) in [5.41, 5.74) is 0. The van der Waals surface area contributed by atoms with Gasteiger partial charge in [0.05, 0.1) is 13.2 Å². The minimum atomic E-state index is -1.18. The van der Waals surface area contributed by atoms with Gasteiger partial charge in [0.15, 0.2) is 6.10 Å². The maximum Gasteiger partial charge on any atom is 0.337 e. The molecule has 0 aliphatic carbocycles. The number of aliphatic hydroxyl groups excluding tert-OH is 1. The second-order valence-corrected chi connectivity index (χ2v) is 7.85. The Morgan fingerprint density at radius 3 is 1.48 bits per heavy atom. The molecule has 0 aromatic rings. The van der Waals surface area contributed by atoms with E-state index in [4.69, 9.17) is 4.74 Å². The fourth-order valence-electron chi connectivity index (χ4n) is 3.32. The number of hydrogen-bond acceptors (Lipinski definition) is 4. The van der Waals surface area contributed by atoms with Gasteiger partial charge in [-0.2, -0.15) is 0 Å². The normalized spacial score (nSPS) is 13.5. The lowest BCUT2D eigenvalue weighted by atomic mass is 10.0. The molecule has 2 unspecified atom stereocenters. The molecule has 0 aromatic carbocycles. The van der Waals surface area contributed by atoms with E-state index in [1.807, 2.05) is 0 Å². The lowest BCUT2D eigenvalue weighted by molar-refractivity contribution is -0.158. The number of unbranched alkanes of at least 4 members (excludes halogenated alkanes) is 15. The molecule has 27 heavy (non-hydrogen) atoms. The first-order valence-electron chi connectivity index (χ1n) is 11.5. The van der Waals surface area contributed by atoms with E-state index < -0.39 is 18.2 Å². The van der Waals surface area contributed by atoms with Crippen molar-refractivity contribution < 1.29 is 19.4 Å². The van der Waals surface area contributed by atoms with E-state index in [1.54, 1.807) is 6.92 Å². The van der Waals surface area contributed by atoms with Crippen LogP contribution in [-0.2, 0) is 14.3 Å². The zero-order valence-corrected chi connectivity index (χ0v) is 18.3. The topological polar surface area (TPSA) is 55.8 Å². The molecule has 0 heterocycles. The summed E-state index contributed by atoms with van der Waals surface area (Å²) < 4.78 is 10.00. The van der Waals surface area contributed by atoms with Gasteiger partial charge in [-0.15, -0.1) is 0 Å². The summed E-state index contributed by atoms with van der Waals surface area (Å²) in [4.78, 5) is 11.2. The maximum atomic E-state index is 11.2. The van der Waals surface area contributed by atoms with Gasteiger partial charge in [-0.1, -0.05) is 103 Å². The van der Waals surface area contributed by atoms with Crippen LogP contribution < -0.4 is 0 Å². The van der Waals surface area contributed by atoms with Gasteiger partial charge < -0.3 is 14.6 Å². The van der Waals surface area contributed by atoms with Crippen LogP contribution in [0.2, 0.25) is 0 Å². The summed E-state index contributed by atoms with van der Waals surface area (Å²) in [5, 5.41) is 9.62. The molecule has 0 amide bonds. The van der Waals surface area contributed by atoms with E-state index in [2.05, 4.69) is 11.7 Å². The van der Waals surface area contributed by atoms with Crippen molar-refractivity contribution in [2.45, 2.75) is 129 Å². The number of carbonyl (C=O) groups is 1. The van der Waals surface area contributed by atoms with Crippen molar-refractivity contribution in [2.75, 3.05) is 13.7 Å². The number of hydrogen-bond donors (Lipinski definition) is 1. The molecule has 0 saturated carbocycles. The van der Waals surface area contributed by atoms with Gasteiger partial charge in [-0.25, -0.2) is 4.79 Å². The molecule has 0 aliphatic rings. The molecular weight excluding hydrogens is 340 g/mol. The molecule has 0 rings (SSSR count). The van der Waals surface area contributed by atoms with Crippen molar-refractivity contribution in [1.29, 1.82) is 0 Å². The van der Waals surface area contributed by atoms with Crippen LogP contribution in [0, 0.1) is 0 Å². The molecule has 0 saturated heterocycles. The highest BCUT2D eigenvalue weighted by Gasteiger charge is 2.23. The first-order chi connectivity index (χ1) is 13.1. The van der Waals surface area contributed by atoms with Crippen LogP contribution in [0.15, 0.2) is 0 Å². The number of methoxy groups -OCH3 is 1. The summed E-state index contributed by atoms with van der Waals surface area (Å²) in [5.74, 6) is -0.630. The molecule has 0 spiro atoms. The quantitative estimate of drug-likeness (QED) is 0.200. The summed E-state index contributed by atoms with van der Waals surface area (Å²) in [6.45, 7) is 4.57. The van der Waals surface area contributed by atoms with Crippen LogP contribution in [0.4, 0.5) is 0 Å². The smallest absolute Gasteiger partial charge is 0.337 e. The second kappa shape index (κ2) is 20.1. The average Bonchev–Trinajstić information content (AvgIpc) is 2.68. The van der Waals surface area contributed by atoms with Crippen LogP contribution in [0.1, 0.15) is 117 Å². The van der Waals surface area contributed by atoms with Gasteiger partial charge in [0.2, 0.25) is 0 Å². The highest BCUT2D eigenvalue weighted by Crippen LogP contribution is 2.14. The molecule has 162 valence electrons. The van der Waals surface area contributed by atoms with Crippen molar-refractivity contribution in [3.8, 4) is 0 Å². The lowest BCUT2D eigenvalue weighted by Gasteiger charge is -2.17. The molecule has 4 nitrogen and oxygen atoms in total. The van der Waals surface area contributed by atoms with Crippen LogP contribution in [0.25, 0.3) is 0 Å². The lowest BCUT2D eigenvalue weighted by Crippen LogP contribution is -2.34. The highest BCUT2D eigenvalue weighted by molar-refractivity contribution is 5.74. The summed E-state index contributed by atoms with van der Waals surface area (Å²) in [6.07, 6.45) is 19.8. The molecule has 0 aromatic heterocycles. The summed E-state index contributed by atoms with van der Waals surface area (Å²) in [6, 6.07) is 0. The minimum absolute atomic E-state index is 0.506. The number of ether oxygens (including phenoxy) is 2. The van der Waals surface area contributed by atoms with E-state index in [1.165, 1.54) is 97.0 Å². The molecule has 0 fully saturated rings. The van der Waals surface area contributed by atoms with Crippen molar-refractivity contribution in [3.05, 3.63) is 0 Å². The Labute approximate surface area is 168 Å². The Morgan fingerprint density at radius 1 is 0.741 bits per heavy atom. The van der Waals surface area contributed by atoms with Gasteiger partial charge in [0.1, 0.15) is 0 Å². The zero-order chi connectivity index (χ0) is 20.2. The molecule has 4 heteroatoms. The van der Waals surface area contributed by atoms with Crippen molar-refractivity contribution in [2.24, 2.45) is 0 Å². The van der Waals surface area contributed by atoms with E-state index >= 15 is 0 Å². The maximum absolute atomic E-state index is 11.2. The predicted octanol–water partition coefficient (Wildman–Crippen LogP) is 6.19. The second-order valence-electron chi connectivity index (χ2n) is 7.85. The van der Waals surface area contributed by atoms with Crippen LogP contribution >= 0.6 is 0 Å². The molecule has 0 radical (unpaired) electrons. The SMILES string of the molecule is CCCCCCCCCCCCCCCCCCOC(C)C(O)C(=O)OC. The largest absolute Gasteiger partial charge is 0.467 e. The van der Waals surface area contributed by atoms with Crippen molar-refractivity contribution in [3.63, 3.8) is 0 Å². The third kappa shape index (κ3) is 17.2. The number of carbonyl (C=O) groups excluding carboxylic acids is 1. The zero-order valence-electron chi connectivity index (χ0n) is 18.3. The van der Waals surface area contributed by atoms with Gasteiger partial charge >= 0.3 is 5.97 Å². The van der Waals surface area contributed by atoms with E-state index in [0.29, 0.717) is 6.61 Å². The number of aliphatic hydroxyl groups is 1. The predicted molar refractivity (Wildman–Crippen MR) is 113 cm³/mol. The van der Waals surface area contributed by atoms with E-state index in [9.17, 15) is 9.90 Å². The van der Waals surface area contributed by atoms with Crippen LogP contribution in [0.3, 0.4) is 0 Å². The van der Waals surface area contributed by atoms with Gasteiger partial charge in [0.25, 0.3) is 0 Å². The highest BCUT2D eigenvalue weighted by atomic mass is 16.5. The Hall–Kier alpha value is -0.610.